The number of fused-ring (bicyclic) bond motifs is 1. The number of carbonyl (C=O) groups is 2. The van der Waals surface area contributed by atoms with Crippen LogP contribution in [0.5, 0.6) is 5.75 Å². The summed E-state index contributed by atoms with van der Waals surface area (Å²) < 4.78 is 47.9. The summed E-state index contributed by atoms with van der Waals surface area (Å²) >= 11 is 5.70. The number of rotatable bonds is 6. The molecule has 0 saturated carbocycles. The molecule has 0 aliphatic heterocycles. The number of nitrogens with zero attached hydrogens (tertiary/aromatic N) is 1. The smallest absolute Gasteiger partial charge is 0.417 e. The molecular formula is C19H16ClF3N2O4. The van der Waals surface area contributed by atoms with Crippen LogP contribution in [-0.4, -0.2) is 30.1 Å². The van der Waals surface area contributed by atoms with E-state index < -0.39 is 30.2 Å². The molecule has 0 atom stereocenters. The first-order chi connectivity index (χ1) is 13.7. The van der Waals surface area contributed by atoms with Gasteiger partial charge < -0.3 is 14.8 Å². The van der Waals surface area contributed by atoms with E-state index in [2.05, 4.69) is 10.3 Å². The number of esters is 1. The zero-order chi connectivity index (χ0) is 21.0. The van der Waals surface area contributed by atoms with Gasteiger partial charge in [0.05, 0.1) is 10.6 Å². The van der Waals surface area contributed by atoms with Gasteiger partial charge in [-0.25, -0.2) is 9.78 Å². The van der Waals surface area contributed by atoms with Gasteiger partial charge in [0, 0.05) is 6.20 Å². The number of hydrogen-bond donors (Lipinski definition) is 1. The van der Waals surface area contributed by atoms with Gasteiger partial charge in [-0.3, -0.25) is 4.79 Å². The number of benzene rings is 1. The van der Waals surface area contributed by atoms with Crippen molar-refractivity contribution in [3.05, 3.63) is 52.2 Å². The number of anilines is 1. The summed E-state index contributed by atoms with van der Waals surface area (Å²) in [6, 6.07) is 6.24. The molecular weight excluding hydrogens is 413 g/mol. The van der Waals surface area contributed by atoms with Crippen LogP contribution in [0, 0.1) is 0 Å². The minimum atomic E-state index is -4.60. The predicted molar refractivity (Wildman–Crippen MR) is 97.8 cm³/mol. The molecule has 6 nitrogen and oxygen atoms in total. The van der Waals surface area contributed by atoms with Crippen molar-refractivity contribution in [3.8, 4) is 5.75 Å². The molecule has 2 aromatic rings. The highest BCUT2D eigenvalue weighted by Gasteiger charge is 2.31. The number of aryl methyl sites for hydroxylation is 2. The molecule has 1 heterocycles. The highest BCUT2D eigenvalue weighted by molar-refractivity contribution is 6.33. The number of alkyl halides is 3. The molecule has 1 N–H and O–H groups in total. The second-order valence-corrected chi connectivity index (χ2v) is 6.74. The first kappa shape index (κ1) is 20.9. The Bertz CT molecular complexity index is 934. The number of halogens is 4. The molecule has 10 heteroatoms. The number of hydrogen-bond acceptors (Lipinski definition) is 5. The van der Waals surface area contributed by atoms with Gasteiger partial charge in [-0.2, -0.15) is 13.2 Å². The topological polar surface area (TPSA) is 77.5 Å². The van der Waals surface area contributed by atoms with E-state index in [0.717, 1.165) is 19.3 Å². The Hall–Kier alpha value is -2.81. The fourth-order valence-corrected chi connectivity index (χ4v) is 3.03. The van der Waals surface area contributed by atoms with E-state index in [9.17, 15) is 22.8 Å². The van der Waals surface area contributed by atoms with Gasteiger partial charge in [0.2, 0.25) is 0 Å². The van der Waals surface area contributed by atoms with Gasteiger partial charge in [-0.05, 0) is 48.6 Å². The lowest BCUT2D eigenvalue weighted by Gasteiger charge is -2.11. The van der Waals surface area contributed by atoms with Crippen LogP contribution in [-0.2, 0) is 33.3 Å². The molecule has 0 fully saturated rings. The van der Waals surface area contributed by atoms with Crippen molar-refractivity contribution in [1.82, 2.24) is 4.98 Å². The van der Waals surface area contributed by atoms with Crippen LogP contribution in [0.4, 0.5) is 19.0 Å². The van der Waals surface area contributed by atoms with Crippen molar-refractivity contribution < 1.29 is 32.2 Å². The lowest BCUT2D eigenvalue weighted by atomic mass is 10.1. The minimum absolute atomic E-state index is 0.268. The van der Waals surface area contributed by atoms with Gasteiger partial charge >= 0.3 is 12.1 Å². The fraction of sp³-hybridized carbons (Fsp3) is 0.316. The molecule has 1 amide bonds. The first-order valence-electron chi connectivity index (χ1n) is 8.65. The average Bonchev–Trinajstić information content (AvgIpc) is 3.13. The van der Waals surface area contributed by atoms with Crippen LogP contribution < -0.4 is 10.1 Å². The standard InChI is InChI=1S/C19H16ClF3N2O4/c20-15-7-13(19(21,22)23)8-24-18(15)25-16(26)9-29-17(27)10-28-14-5-4-11-2-1-3-12(11)6-14/h4-8H,1-3,9-10H2,(H,24,25,26). The SMILES string of the molecule is O=C(COC(=O)COc1ccc2c(c1)CCC2)Nc1ncc(C(F)(F)F)cc1Cl. The number of pyridine rings is 1. The van der Waals surface area contributed by atoms with Crippen molar-refractivity contribution in [2.75, 3.05) is 18.5 Å². The Morgan fingerprint density at radius 2 is 1.90 bits per heavy atom. The third-order valence-electron chi connectivity index (χ3n) is 4.22. The van der Waals surface area contributed by atoms with Crippen LogP contribution in [0.1, 0.15) is 23.1 Å². The maximum absolute atomic E-state index is 12.6. The van der Waals surface area contributed by atoms with E-state index >= 15 is 0 Å². The lowest BCUT2D eigenvalue weighted by Crippen LogP contribution is -2.24. The summed E-state index contributed by atoms with van der Waals surface area (Å²) in [6.45, 7) is -1.04. The van der Waals surface area contributed by atoms with E-state index in [1.165, 1.54) is 11.1 Å². The molecule has 154 valence electrons. The van der Waals surface area contributed by atoms with Crippen molar-refractivity contribution >= 4 is 29.3 Å². The highest BCUT2D eigenvalue weighted by Crippen LogP contribution is 2.32. The third kappa shape index (κ3) is 5.60. The van der Waals surface area contributed by atoms with E-state index in [1.54, 1.807) is 6.07 Å². The molecule has 0 spiro atoms. The Labute approximate surface area is 169 Å². The van der Waals surface area contributed by atoms with E-state index in [1.807, 2.05) is 12.1 Å². The van der Waals surface area contributed by atoms with Crippen molar-refractivity contribution in [2.24, 2.45) is 0 Å². The van der Waals surface area contributed by atoms with Gasteiger partial charge in [-0.15, -0.1) is 0 Å². The van der Waals surface area contributed by atoms with Crippen molar-refractivity contribution in [2.45, 2.75) is 25.4 Å². The molecule has 29 heavy (non-hydrogen) atoms. The Kier molecular flexibility index (Phi) is 6.26. The average molecular weight is 429 g/mol. The van der Waals surface area contributed by atoms with E-state index in [0.29, 0.717) is 18.0 Å². The summed E-state index contributed by atoms with van der Waals surface area (Å²) in [7, 11) is 0. The second-order valence-electron chi connectivity index (χ2n) is 6.33. The Balaban J connectivity index is 1.45. The van der Waals surface area contributed by atoms with Crippen molar-refractivity contribution in [3.63, 3.8) is 0 Å². The monoisotopic (exact) mass is 428 g/mol. The quantitative estimate of drug-likeness (QED) is 0.708. The molecule has 1 aliphatic rings. The fourth-order valence-electron chi connectivity index (χ4n) is 2.82. The van der Waals surface area contributed by atoms with Crippen LogP contribution in [0.3, 0.4) is 0 Å². The molecule has 0 bridgehead atoms. The lowest BCUT2D eigenvalue weighted by molar-refractivity contribution is -0.149. The Morgan fingerprint density at radius 1 is 1.14 bits per heavy atom. The maximum Gasteiger partial charge on any atom is 0.417 e. The van der Waals surface area contributed by atoms with Crippen LogP contribution >= 0.6 is 11.6 Å². The summed E-state index contributed by atoms with van der Waals surface area (Å²) in [6.07, 6.45) is -0.971. The van der Waals surface area contributed by atoms with E-state index in [-0.39, 0.29) is 17.4 Å². The number of nitrogens with one attached hydrogen (secondary N) is 1. The molecule has 0 unspecified atom stereocenters. The largest absolute Gasteiger partial charge is 0.482 e. The van der Waals surface area contributed by atoms with Gasteiger partial charge in [0.25, 0.3) is 5.91 Å². The van der Waals surface area contributed by atoms with E-state index in [4.69, 9.17) is 21.1 Å². The number of aromatic nitrogens is 1. The molecule has 3 rings (SSSR count). The van der Waals surface area contributed by atoms with Crippen LogP contribution in [0.15, 0.2) is 30.5 Å². The first-order valence-corrected chi connectivity index (χ1v) is 9.03. The Morgan fingerprint density at radius 3 is 2.62 bits per heavy atom. The summed E-state index contributed by atoms with van der Waals surface area (Å²) in [5.74, 6) is -1.31. The van der Waals surface area contributed by atoms with Crippen LogP contribution in [0.25, 0.3) is 0 Å². The zero-order valence-electron chi connectivity index (χ0n) is 15.0. The minimum Gasteiger partial charge on any atom is -0.482 e. The second kappa shape index (κ2) is 8.69. The number of amides is 1. The third-order valence-corrected chi connectivity index (χ3v) is 4.51. The van der Waals surface area contributed by atoms with Gasteiger partial charge in [0.1, 0.15) is 5.75 Å². The van der Waals surface area contributed by atoms with Crippen molar-refractivity contribution in [1.29, 1.82) is 0 Å². The molecule has 1 aromatic carbocycles. The summed E-state index contributed by atoms with van der Waals surface area (Å²) in [5.41, 5.74) is 1.42. The molecule has 1 aliphatic carbocycles. The highest BCUT2D eigenvalue weighted by atomic mass is 35.5. The molecule has 0 radical (unpaired) electrons. The molecule has 0 saturated heterocycles. The molecule has 1 aromatic heterocycles. The predicted octanol–water partition coefficient (Wildman–Crippen LogP) is 3.80. The van der Waals surface area contributed by atoms with Crippen LogP contribution in [0.2, 0.25) is 5.02 Å². The zero-order valence-corrected chi connectivity index (χ0v) is 15.8. The summed E-state index contributed by atoms with van der Waals surface area (Å²) in [5, 5.41) is 1.79. The van der Waals surface area contributed by atoms with Gasteiger partial charge in [-0.1, -0.05) is 17.7 Å². The summed E-state index contributed by atoms with van der Waals surface area (Å²) in [4.78, 5) is 27.0. The van der Waals surface area contributed by atoms with Gasteiger partial charge in [0.15, 0.2) is 19.0 Å². The maximum atomic E-state index is 12.6. The number of carbonyl (C=O) groups excluding carboxylic acids is 2. The number of ether oxygens (including phenoxy) is 2. The normalized spacial score (nSPS) is 13.0.